The molecule has 1 amide bonds. The first-order chi connectivity index (χ1) is 16.1. The number of rotatable bonds is 7. The number of nitrogens with one attached hydrogen (secondary N) is 2. The highest BCUT2D eigenvalue weighted by Crippen LogP contribution is 2.32. The molecule has 0 aliphatic rings. The van der Waals surface area contributed by atoms with Crippen LogP contribution >= 0.6 is 0 Å². The minimum atomic E-state index is -0.203. The number of carbonyl (C=O) groups is 1. The van der Waals surface area contributed by atoms with Crippen LogP contribution in [0.3, 0.4) is 0 Å². The van der Waals surface area contributed by atoms with E-state index in [0.29, 0.717) is 34.3 Å². The SMILES string of the molecule is COc1ccc(-c2cc(Nc3ccc(NC(=O)c4ccc(N)cc4)cc3)ncn2)cc1OC. The molecule has 8 heteroatoms. The van der Waals surface area contributed by atoms with Gasteiger partial charge in [-0.2, -0.15) is 0 Å². The molecule has 4 N–H and O–H groups in total. The number of hydrogen-bond acceptors (Lipinski definition) is 7. The van der Waals surface area contributed by atoms with Gasteiger partial charge in [0.1, 0.15) is 12.1 Å². The predicted octanol–water partition coefficient (Wildman–Crippen LogP) is 4.74. The van der Waals surface area contributed by atoms with Crippen LogP contribution in [0.1, 0.15) is 10.4 Å². The summed E-state index contributed by atoms with van der Waals surface area (Å²) >= 11 is 0. The van der Waals surface area contributed by atoms with E-state index in [9.17, 15) is 4.79 Å². The Kier molecular flexibility index (Phi) is 6.36. The molecule has 0 saturated carbocycles. The number of hydrogen-bond donors (Lipinski definition) is 3. The van der Waals surface area contributed by atoms with Crippen molar-refractivity contribution in [2.24, 2.45) is 0 Å². The molecular formula is C25H23N5O3. The second-order valence-electron chi connectivity index (χ2n) is 7.14. The van der Waals surface area contributed by atoms with E-state index < -0.39 is 0 Å². The number of methoxy groups -OCH3 is 2. The summed E-state index contributed by atoms with van der Waals surface area (Å²) < 4.78 is 10.7. The Labute approximate surface area is 191 Å². The van der Waals surface area contributed by atoms with Crippen molar-refractivity contribution in [2.45, 2.75) is 0 Å². The molecule has 1 heterocycles. The summed E-state index contributed by atoms with van der Waals surface area (Å²) in [5, 5.41) is 6.11. The van der Waals surface area contributed by atoms with Crippen LogP contribution in [0.15, 0.2) is 79.1 Å². The number of aromatic nitrogens is 2. The topological polar surface area (TPSA) is 111 Å². The minimum Gasteiger partial charge on any atom is -0.493 e. The third-order valence-electron chi connectivity index (χ3n) is 4.93. The number of carbonyl (C=O) groups excluding carboxylic acids is 1. The van der Waals surface area contributed by atoms with Gasteiger partial charge in [0, 0.05) is 34.3 Å². The van der Waals surface area contributed by atoms with Gasteiger partial charge >= 0.3 is 0 Å². The van der Waals surface area contributed by atoms with E-state index in [1.165, 1.54) is 6.33 Å². The fraction of sp³-hybridized carbons (Fsp3) is 0.0800. The van der Waals surface area contributed by atoms with Gasteiger partial charge in [0.2, 0.25) is 0 Å². The van der Waals surface area contributed by atoms with Crippen LogP contribution in [-0.2, 0) is 0 Å². The minimum absolute atomic E-state index is 0.203. The molecule has 166 valence electrons. The van der Waals surface area contributed by atoms with Crippen molar-refractivity contribution in [1.29, 1.82) is 0 Å². The molecule has 0 unspecified atom stereocenters. The van der Waals surface area contributed by atoms with E-state index in [0.717, 1.165) is 16.9 Å². The molecule has 0 radical (unpaired) electrons. The van der Waals surface area contributed by atoms with Gasteiger partial charge in [0.05, 0.1) is 19.9 Å². The highest BCUT2D eigenvalue weighted by Gasteiger charge is 2.09. The van der Waals surface area contributed by atoms with Gasteiger partial charge in [-0.15, -0.1) is 0 Å². The van der Waals surface area contributed by atoms with Gasteiger partial charge in [-0.05, 0) is 66.7 Å². The van der Waals surface area contributed by atoms with Crippen LogP contribution < -0.4 is 25.8 Å². The molecule has 0 spiro atoms. The number of amides is 1. The first-order valence-corrected chi connectivity index (χ1v) is 10.1. The standard InChI is InChI=1S/C25H23N5O3/c1-32-22-12-5-17(13-23(22)33-2)21-14-24(28-15-27-21)29-19-8-10-20(11-9-19)30-25(31)16-3-6-18(26)7-4-16/h3-15H,26H2,1-2H3,(H,30,31)(H,27,28,29). The average molecular weight is 441 g/mol. The van der Waals surface area contributed by atoms with Crippen molar-refractivity contribution in [3.63, 3.8) is 0 Å². The number of anilines is 4. The van der Waals surface area contributed by atoms with Gasteiger partial charge < -0.3 is 25.8 Å². The second-order valence-corrected chi connectivity index (χ2v) is 7.14. The van der Waals surface area contributed by atoms with Crippen LogP contribution in [-0.4, -0.2) is 30.1 Å². The van der Waals surface area contributed by atoms with Gasteiger partial charge in [-0.1, -0.05) is 0 Å². The number of nitrogens with two attached hydrogens (primary N) is 1. The molecule has 0 atom stereocenters. The van der Waals surface area contributed by atoms with Crippen LogP contribution in [0.2, 0.25) is 0 Å². The first-order valence-electron chi connectivity index (χ1n) is 10.1. The molecular weight excluding hydrogens is 418 g/mol. The molecule has 0 aliphatic carbocycles. The van der Waals surface area contributed by atoms with E-state index in [2.05, 4.69) is 20.6 Å². The number of nitrogen functional groups attached to an aromatic ring is 1. The molecule has 33 heavy (non-hydrogen) atoms. The first kappa shape index (κ1) is 21.6. The lowest BCUT2D eigenvalue weighted by Gasteiger charge is -2.11. The maximum atomic E-state index is 12.4. The lowest BCUT2D eigenvalue weighted by Crippen LogP contribution is -2.11. The fourth-order valence-electron chi connectivity index (χ4n) is 3.20. The lowest BCUT2D eigenvalue weighted by molar-refractivity contribution is 0.102. The number of nitrogens with zero attached hydrogens (tertiary/aromatic N) is 2. The van der Waals surface area contributed by atoms with E-state index >= 15 is 0 Å². The fourth-order valence-corrected chi connectivity index (χ4v) is 3.20. The molecule has 0 fully saturated rings. The molecule has 3 aromatic carbocycles. The summed E-state index contributed by atoms with van der Waals surface area (Å²) in [6.07, 6.45) is 1.50. The maximum absolute atomic E-state index is 12.4. The van der Waals surface area contributed by atoms with Gasteiger partial charge in [-0.25, -0.2) is 9.97 Å². The molecule has 0 bridgehead atoms. The number of benzene rings is 3. The van der Waals surface area contributed by atoms with Gasteiger partial charge in [0.15, 0.2) is 11.5 Å². The lowest BCUT2D eigenvalue weighted by atomic mass is 10.1. The Bertz CT molecular complexity index is 1260. The van der Waals surface area contributed by atoms with Crippen molar-refractivity contribution in [1.82, 2.24) is 9.97 Å². The highest BCUT2D eigenvalue weighted by atomic mass is 16.5. The summed E-state index contributed by atoms with van der Waals surface area (Å²) in [6.45, 7) is 0. The Morgan fingerprint density at radius 1 is 0.818 bits per heavy atom. The van der Waals surface area contributed by atoms with Gasteiger partial charge in [-0.3, -0.25) is 4.79 Å². The third kappa shape index (κ3) is 5.19. The normalized spacial score (nSPS) is 10.4. The van der Waals surface area contributed by atoms with E-state index in [1.807, 2.05) is 48.5 Å². The Balaban J connectivity index is 1.45. The quantitative estimate of drug-likeness (QED) is 0.355. The molecule has 4 rings (SSSR count). The summed E-state index contributed by atoms with van der Waals surface area (Å²) in [5.41, 5.74) is 9.92. The average Bonchev–Trinajstić information content (AvgIpc) is 2.85. The van der Waals surface area contributed by atoms with Gasteiger partial charge in [0.25, 0.3) is 5.91 Å². The highest BCUT2D eigenvalue weighted by molar-refractivity contribution is 6.04. The molecule has 4 aromatic rings. The smallest absolute Gasteiger partial charge is 0.255 e. The number of ether oxygens (including phenoxy) is 2. The second kappa shape index (κ2) is 9.69. The van der Waals surface area contributed by atoms with Crippen molar-refractivity contribution in [3.05, 3.63) is 84.7 Å². The van der Waals surface area contributed by atoms with Crippen molar-refractivity contribution < 1.29 is 14.3 Å². The zero-order valence-corrected chi connectivity index (χ0v) is 18.2. The van der Waals surface area contributed by atoms with Crippen LogP contribution in [0, 0.1) is 0 Å². The maximum Gasteiger partial charge on any atom is 0.255 e. The molecule has 0 aliphatic heterocycles. The van der Waals surface area contributed by atoms with E-state index in [4.69, 9.17) is 15.2 Å². The van der Waals surface area contributed by atoms with Crippen molar-refractivity contribution in [3.8, 4) is 22.8 Å². The summed E-state index contributed by atoms with van der Waals surface area (Å²) in [5.74, 6) is 1.71. The van der Waals surface area contributed by atoms with E-state index in [1.54, 1.807) is 38.5 Å². The predicted molar refractivity (Wildman–Crippen MR) is 129 cm³/mol. The summed E-state index contributed by atoms with van der Waals surface area (Å²) in [6, 6.07) is 21.6. The van der Waals surface area contributed by atoms with Crippen LogP contribution in [0.4, 0.5) is 22.9 Å². The monoisotopic (exact) mass is 441 g/mol. The molecule has 0 saturated heterocycles. The summed E-state index contributed by atoms with van der Waals surface area (Å²) in [4.78, 5) is 21.0. The Morgan fingerprint density at radius 3 is 2.21 bits per heavy atom. The largest absolute Gasteiger partial charge is 0.493 e. The third-order valence-corrected chi connectivity index (χ3v) is 4.93. The molecule has 8 nitrogen and oxygen atoms in total. The van der Waals surface area contributed by atoms with E-state index in [-0.39, 0.29) is 5.91 Å². The van der Waals surface area contributed by atoms with Crippen molar-refractivity contribution in [2.75, 3.05) is 30.6 Å². The zero-order valence-electron chi connectivity index (χ0n) is 18.2. The Morgan fingerprint density at radius 2 is 1.52 bits per heavy atom. The molecule has 1 aromatic heterocycles. The van der Waals surface area contributed by atoms with Crippen LogP contribution in [0.25, 0.3) is 11.3 Å². The van der Waals surface area contributed by atoms with Crippen LogP contribution in [0.5, 0.6) is 11.5 Å². The summed E-state index contributed by atoms with van der Waals surface area (Å²) in [7, 11) is 3.19. The van der Waals surface area contributed by atoms with Crippen molar-refractivity contribution >= 4 is 28.8 Å². The zero-order chi connectivity index (χ0) is 23.2. The Hall–Kier alpha value is -4.59.